The summed E-state index contributed by atoms with van der Waals surface area (Å²) < 4.78 is 21.6. The summed E-state index contributed by atoms with van der Waals surface area (Å²) in [6.07, 6.45) is 12.0. The van der Waals surface area contributed by atoms with Gasteiger partial charge in [-0.3, -0.25) is 0 Å². The van der Waals surface area contributed by atoms with Crippen molar-refractivity contribution in [3.8, 4) is 0 Å². The van der Waals surface area contributed by atoms with Crippen LogP contribution in [0.15, 0.2) is 24.3 Å². The van der Waals surface area contributed by atoms with Crippen LogP contribution < -0.4 is 0 Å². The molecule has 1 radical (unpaired) electrons. The highest BCUT2D eigenvalue weighted by Crippen LogP contribution is 2.14. The second kappa shape index (κ2) is 3.90. The van der Waals surface area contributed by atoms with Crippen molar-refractivity contribution in [1.82, 2.24) is 0 Å². The maximum Gasteiger partial charge on any atom is 0.147 e. The molecule has 0 unspecified atom stereocenters. The first kappa shape index (κ1) is 9.52. The van der Waals surface area contributed by atoms with Crippen molar-refractivity contribution in [2.45, 2.75) is 6.42 Å². The van der Waals surface area contributed by atoms with Gasteiger partial charge in [0.05, 0.1) is 5.75 Å². The van der Waals surface area contributed by atoms with Gasteiger partial charge < -0.3 is 0 Å². The zero-order chi connectivity index (χ0) is 9.03. The van der Waals surface area contributed by atoms with E-state index >= 15 is 0 Å². The topological polar surface area (TPSA) is 34.1 Å². The number of hydrogen-bond acceptors (Lipinski definition) is 2. The molecule has 0 bridgehead atoms. The Kier molecular flexibility index (Phi) is 3.09. The average Bonchev–Trinajstić information content (AvgIpc) is 2.02. The quantitative estimate of drug-likeness (QED) is 0.665. The van der Waals surface area contributed by atoms with E-state index in [0.29, 0.717) is 5.92 Å². The lowest BCUT2D eigenvalue weighted by Gasteiger charge is -2.10. The Balaban J connectivity index is 2.34. The Hall–Kier alpha value is -0.570. The predicted octanol–water partition coefficient (Wildman–Crippen LogP) is 1.37. The molecule has 0 aromatic heterocycles. The molecule has 2 nitrogen and oxygen atoms in total. The van der Waals surface area contributed by atoms with Gasteiger partial charge in [-0.05, 0) is 18.8 Å². The van der Waals surface area contributed by atoms with Crippen molar-refractivity contribution in [2.24, 2.45) is 5.92 Å². The SMILES string of the molecule is CS(=O)(=O)C[CH][C@@H]1C=CC=CC1. The molecule has 1 aliphatic carbocycles. The molecular weight excluding hydrogens is 172 g/mol. The molecule has 67 valence electrons. The minimum atomic E-state index is -2.84. The number of sulfone groups is 1. The van der Waals surface area contributed by atoms with Gasteiger partial charge in [0.1, 0.15) is 9.84 Å². The first-order valence-electron chi connectivity index (χ1n) is 3.92. The normalized spacial score (nSPS) is 22.9. The van der Waals surface area contributed by atoms with E-state index in [1.165, 1.54) is 6.26 Å². The van der Waals surface area contributed by atoms with Gasteiger partial charge in [-0.25, -0.2) is 8.42 Å². The minimum absolute atomic E-state index is 0.176. The molecule has 0 saturated carbocycles. The van der Waals surface area contributed by atoms with Crippen molar-refractivity contribution in [3.05, 3.63) is 30.7 Å². The van der Waals surface area contributed by atoms with Crippen LogP contribution in [0.1, 0.15) is 6.42 Å². The van der Waals surface area contributed by atoms with E-state index < -0.39 is 9.84 Å². The van der Waals surface area contributed by atoms with Gasteiger partial charge >= 0.3 is 0 Å². The van der Waals surface area contributed by atoms with Crippen molar-refractivity contribution in [3.63, 3.8) is 0 Å². The largest absolute Gasteiger partial charge is 0.229 e. The molecule has 12 heavy (non-hydrogen) atoms. The smallest absolute Gasteiger partial charge is 0.147 e. The maximum atomic E-state index is 10.8. The van der Waals surface area contributed by atoms with E-state index in [1.54, 1.807) is 0 Å². The molecule has 0 heterocycles. The number of hydrogen-bond donors (Lipinski definition) is 0. The van der Waals surface area contributed by atoms with E-state index in [4.69, 9.17) is 0 Å². The van der Waals surface area contributed by atoms with Gasteiger partial charge in [-0.2, -0.15) is 0 Å². The van der Waals surface area contributed by atoms with Gasteiger partial charge in [-0.15, -0.1) is 0 Å². The van der Waals surface area contributed by atoms with Gasteiger partial charge in [0.25, 0.3) is 0 Å². The molecule has 1 atom stereocenters. The van der Waals surface area contributed by atoms with Crippen LogP contribution in [0, 0.1) is 12.3 Å². The fraction of sp³-hybridized carbons (Fsp3) is 0.444. The fourth-order valence-electron chi connectivity index (χ4n) is 1.07. The lowest BCUT2D eigenvalue weighted by Crippen LogP contribution is -2.09. The van der Waals surface area contributed by atoms with Gasteiger partial charge in [0.2, 0.25) is 0 Å². The van der Waals surface area contributed by atoms with Crippen molar-refractivity contribution in [2.75, 3.05) is 12.0 Å². The van der Waals surface area contributed by atoms with E-state index in [0.717, 1.165) is 6.42 Å². The molecule has 0 fully saturated rings. The fourth-order valence-corrected chi connectivity index (χ4v) is 1.67. The Morgan fingerprint density at radius 2 is 2.25 bits per heavy atom. The highest BCUT2D eigenvalue weighted by atomic mass is 32.2. The first-order chi connectivity index (χ1) is 5.58. The summed E-state index contributed by atoms with van der Waals surface area (Å²) in [6, 6.07) is 0. The second-order valence-corrected chi connectivity index (χ2v) is 5.23. The summed E-state index contributed by atoms with van der Waals surface area (Å²) in [4.78, 5) is 0. The first-order valence-corrected chi connectivity index (χ1v) is 5.98. The standard InChI is InChI=1S/C9H13O2S/c1-12(10,11)8-7-9-5-3-2-4-6-9/h2-5,7,9H,6,8H2,1H3/t9-/m1/s1. The second-order valence-electron chi connectivity index (χ2n) is 3.04. The predicted molar refractivity (Wildman–Crippen MR) is 50.4 cm³/mol. The monoisotopic (exact) mass is 185 g/mol. The van der Waals surface area contributed by atoms with Crippen LogP contribution in [0.4, 0.5) is 0 Å². The summed E-state index contributed by atoms with van der Waals surface area (Å²) >= 11 is 0. The Morgan fingerprint density at radius 1 is 1.50 bits per heavy atom. The van der Waals surface area contributed by atoms with E-state index in [2.05, 4.69) is 0 Å². The van der Waals surface area contributed by atoms with Crippen molar-refractivity contribution < 1.29 is 8.42 Å². The molecule has 0 aromatic carbocycles. The third-order valence-electron chi connectivity index (χ3n) is 1.72. The molecule has 0 saturated heterocycles. The molecule has 1 rings (SSSR count). The highest BCUT2D eigenvalue weighted by Gasteiger charge is 2.09. The summed E-state index contributed by atoms with van der Waals surface area (Å²) in [5.41, 5.74) is 0. The van der Waals surface area contributed by atoms with Crippen LogP contribution in [-0.2, 0) is 9.84 Å². The molecule has 0 aromatic rings. The molecule has 0 N–H and O–H groups in total. The summed E-state index contributed by atoms with van der Waals surface area (Å²) in [5.74, 6) is 0.472. The van der Waals surface area contributed by atoms with Gasteiger partial charge in [0, 0.05) is 6.26 Å². The number of rotatable bonds is 3. The summed E-state index contributed by atoms with van der Waals surface area (Å²) in [5, 5.41) is 0. The van der Waals surface area contributed by atoms with E-state index in [1.807, 2.05) is 30.7 Å². The lowest BCUT2D eigenvalue weighted by molar-refractivity contribution is 0.600. The molecule has 0 amide bonds. The average molecular weight is 185 g/mol. The minimum Gasteiger partial charge on any atom is -0.229 e. The lowest BCUT2D eigenvalue weighted by atomic mass is 9.98. The zero-order valence-corrected chi connectivity index (χ0v) is 7.92. The molecule has 3 heteroatoms. The molecule has 0 aliphatic heterocycles. The molecular formula is C9H13O2S. The Bertz CT molecular complexity index is 286. The van der Waals surface area contributed by atoms with Crippen LogP contribution in [0.2, 0.25) is 0 Å². The summed E-state index contributed by atoms with van der Waals surface area (Å²) in [6.45, 7) is 0. The third-order valence-corrected chi connectivity index (χ3v) is 2.51. The Labute approximate surface area is 73.9 Å². The molecule has 0 spiro atoms. The third kappa shape index (κ3) is 3.72. The summed E-state index contributed by atoms with van der Waals surface area (Å²) in [7, 11) is -2.84. The highest BCUT2D eigenvalue weighted by molar-refractivity contribution is 7.90. The zero-order valence-electron chi connectivity index (χ0n) is 7.10. The van der Waals surface area contributed by atoms with Crippen LogP contribution >= 0.6 is 0 Å². The van der Waals surface area contributed by atoms with Crippen molar-refractivity contribution in [1.29, 1.82) is 0 Å². The van der Waals surface area contributed by atoms with Crippen molar-refractivity contribution >= 4 is 9.84 Å². The van der Waals surface area contributed by atoms with Crippen LogP contribution in [0.25, 0.3) is 0 Å². The maximum absolute atomic E-state index is 10.8. The van der Waals surface area contributed by atoms with Crippen LogP contribution in [-0.4, -0.2) is 20.4 Å². The Morgan fingerprint density at radius 3 is 2.75 bits per heavy atom. The van der Waals surface area contributed by atoms with Crippen LogP contribution in [0.3, 0.4) is 0 Å². The van der Waals surface area contributed by atoms with Gasteiger partial charge in [0.15, 0.2) is 0 Å². The van der Waals surface area contributed by atoms with E-state index in [-0.39, 0.29) is 5.75 Å². The molecule has 1 aliphatic rings. The van der Waals surface area contributed by atoms with E-state index in [9.17, 15) is 8.42 Å². The van der Waals surface area contributed by atoms with Gasteiger partial charge in [-0.1, -0.05) is 24.3 Å². The van der Waals surface area contributed by atoms with Crippen LogP contribution in [0.5, 0.6) is 0 Å². The number of allylic oxidation sites excluding steroid dienone is 4.